The minimum absolute atomic E-state index is 0.0552. The second-order valence-electron chi connectivity index (χ2n) is 3.48. The van der Waals surface area contributed by atoms with Gasteiger partial charge in [0.25, 0.3) is 0 Å². The van der Waals surface area contributed by atoms with Gasteiger partial charge in [0, 0.05) is 19.4 Å². The number of hydrogen-bond donors (Lipinski definition) is 2. The Balaban J connectivity index is 3.66. The molecular formula is C12H19NO3S. The molecule has 0 saturated heterocycles. The van der Waals surface area contributed by atoms with Crippen LogP contribution in [0.5, 0.6) is 0 Å². The number of amides is 1. The minimum Gasteiger partial charge on any atom is -0.504 e. The van der Waals surface area contributed by atoms with Crippen molar-refractivity contribution in [3.63, 3.8) is 0 Å². The summed E-state index contributed by atoms with van der Waals surface area (Å²) in [5, 5.41) is 2.57. The zero-order valence-electron chi connectivity index (χ0n) is 10.1. The molecule has 4 nitrogen and oxygen atoms in total. The average Bonchev–Trinajstić information content (AvgIpc) is 2.27. The highest BCUT2D eigenvalue weighted by atomic mass is 32.1. The van der Waals surface area contributed by atoms with Gasteiger partial charge in [0.2, 0.25) is 5.91 Å². The third-order valence-electron chi connectivity index (χ3n) is 2.06. The monoisotopic (exact) mass is 257 g/mol. The minimum atomic E-state index is -0.185. The molecule has 0 aromatic heterocycles. The van der Waals surface area contributed by atoms with Crippen molar-refractivity contribution in [2.45, 2.75) is 25.7 Å². The molecule has 0 heterocycles. The van der Waals surface area contributed by atoms with E-state index in [0.717, 1.165) is 5.57 Å². The van der Waals surface area contributed by atoms with Crippen LogP contribution in [0.25, 0.3) is 0 Å². The Labute approximate surface area is 108 Å². The molecule has 0 bridgehead atoms. The molecule has 0 rings (SSSR count). The number of hydrogen-bond acceptors (Lipinski definition) is 3. The van der Waals surface area contributed by atoms with Crippen molar-refractivity contribution in [2.24, 2.45) is 0 Å². The van der Waals surface area contributed by atoms with Crippen LogP contribution in [0.1, 0.15) is 25.7 Å². The maximum atomic E-state index is 11.3. The lowest BCUT2D eigenvalue weighted by molar-refractivity contribution is -0.121. The Morgan fingerprint density at radius 3 is 2.59 bits per heavy atom. The SMILES string of the molecule is C=C/C(=C\OC)CCNC(=O)CCCC(=O)S. The first-order valence-corrected chi connectivity index (χ1v) is 5.87. The van der Waals surface area contributed by atoms with Crippen LogP contribution in [-0.4, -0.2) is 24.7 Å². The Morgan fingerprint density at radius 2 is 2.06 bits per heavy atom. The maximum absolute atomic E-state index is 11.3. The van der Waals surface area contributed by atoms with Gasteiger partial charge >= 0.3 is 0 Å². The van der Waals surface area contributed by atoms with Gasteiger partial charge in [-0.2, -0.15) is 0 Å². The van der Waals surface area contributed by atoms with Crippen molar-refractivity contribution in [2.75, 3.05) is 13.7 Å². The van der Waals surface area contributed by atoms with Crippen LogP contribution in [0.2, 0.25) is 0 Å². The molecule has 0 aliphatic heterocycles. The molecule has 0 radical (unpaired) electrons. The van der Waals surface area contributed by atoms with Crippen molar-refractivity contribution in [1.29, 1.82) is 0 Å². The van der Waals surface area contributed by atoms with Crippen LogP contribution in [-0.2, 0) is 14.3 Å². The number of ether oxygens (including phenoxy) is 1. The van der Waals surface area contributed by atoms with Gasteiger partial charge in [-0.25, -0.2) is 0 Å². The van der Waals surface area contributed by atoms with Crippen LogP contribution in [0.15, 0.2) is 24.5 Å². The van der Waals surface area contributed by atoms with Gasteiger partial charge in [0.1, 0.15) is 0 Å². The highest BCUT2D eigenvalue weighted by molar-refractivity contribution is 7.96. The standard InChI is InChI=1S/C12H19NO3S/c1-3-10(9-16-2)7-8-13-11(14)5-4-6-12(15)17/h3,9H,1,4-8H2,2H3,(H,13,14)(H,15,17)/b10-9+. The van der Waals surface area contributed by atoms with Crippen molar-refractivity contribution in [1.82, 2.24) is 5.32 Å². The predicted molar refractivity (Wildman–Crippen MR) is 70.8 cm³/mol. The van der Waals surface area contributed by atoms with Crippen molar-refractivity contribution < 1.29 is 14.3 Å². The van der Waals surface area contributed by atoms with Crippen LogP contribution in [0.4, 0.5) is 0 Å². The van der Waals surface area contributed by atoms with E-state index in [1.165, 1.54) is 0 Å². The maximum Gasteiger partial charge on any atom is 0.220 e. The summed E-state index contributed by atoms with van der Waals surface area (Å²) in [6.45, 7) is 4.18. The van der Waals surface area contributed by atoms with E-state index in [9.17, 15) is 9.59 Å². The van der Waals surface area contributed by atoms with Crippen molar-refractivity contribution in [3.05, 3.63) is 24.5 Å². The quantitative estimate of drug-likeness (QED) is 0.376. The number of methoxy groups -OCH3 is 1. The first-order valence-electron chi connectivity index (χ1n) is 5.43. The molecule has 96 valence electrons. The van der Waals surface area contributed by atoms with Gasteiger partial charge in [-0.3, -0.25) is 9.59 Å². The Hall–Kier alpha value is -1.23. The number of carbonyl (C=O) groups excluding carboxylic acids is 2. The van der Waals surface area contributed by atoms with Crippen molar-refractivity contribution in [3.8, 4) is 0 Å². The van der Waals surface area contributed by atoms with Crippen molar-refractivity contribution >= 4 is 23.7 Å². The van der Waals surface area contributed by atoms with Crippen LogP contribution in [0.3, 0.4) is 0 Å². The Bertz CT molecular complexity index is 300. The van der Waals surface area contributed by atoms with E-state index >= 15 is 0 Å². The fraction of sp³-hybridized carbons (Fsp3) is 0.500. The van der Waals surface area contributed by atoms with E-state index < -0.39 is 0 Å². The molecular weight excluding hydrogens is 238 g/mol. The van der Waals surface area contributed by atoms with Gasteiger partial charge in [-0.1, -0.05) is 12.7 Å². The summed E-state index contributed by atoms with van der Waals surface area (Å²) in [5.74, 6) is -0.0552. The van der Waals surface area contributed by atoms with Gasteiger partial charge in [-0.05, 0) is 18.4 Å². The molecule has 0 aromatic rings. The molecule has 0 aromatic carbocycles. The highest BCUT2D eigenvalue weighted by Crippen LogP contribution is 2.02. The van der Waals surface area contributed by atoms with Gasteiger partial charge in [0.15, 0.2) is 5.12 Å². The number of carbonyl (C=O) groups is 2. The topological polar surface area (TPSA) is 55.4 Å². The molecule has 0 unspecified atom stereocenters. The van der Waals surface area contributed by atoms with Crippen LogP contribution in [0, 0.1) is 0 Å². The third-order valence-corrected chi connectivity index (χ3v) is 2.29. The third kappa shape index (κ3) is 9.68. The lowest BCUT2D eigenvalue weighted by Gasteiger charge is -2.05. The molecule has 17 heavy (non-hydrogen) atoms. The van der Waals surface area contributed by atoms with Gasteiger partial charge < -0.3 is 10.1 Å². The smallest absolute Gasteiger partial charge is 0.220 e. The summed E-state index contributed by atoms with van der Waals surface area (Å²) < 4.78 is 4.85. The molecule has 0 spiro atoms. The highest BCUT2D eigenvalue weighted by Gasteiger charge is 2.02. The zero-order valence-corrected chi connectivity index (χ0v) is 11.0. The fourth-order valence-electron chi connectivity index (χ4n) is 1.20. The van der Waals surface area contributed by atoms with E-state index in [0.29, 0.717) is 32.2 Å². The summed E-state index contributed by atoms with van der Waals surface area (Å²) in [4.78, 5) is 21.9. The summed E-state index contributed by atoms with van der Waals surface area (Å²) in [7, 11) is 1.57. The summed E-state index contributed by atoms with van der Waals surface area (Å²) in [5.41, 5.74) is 0.929. The van der Waals surface area contributed by atoms with Crippen LogP contribution >= 0.6 is 12.6 Å². The number of thiol groups is 1. The zero-order chi connectivity index (χ0) is 13.1. The first-order chi connectivity index (χ1) is 8.10. The normalized spacial score (nSPS) is 10.8. The summed E-state index contributed by atoms with van der Waals surface area (Å²) in [6.07, 6.45) is 5.18. The number of nitrogens with one attached hydrogen (secondary N) is 1. The van der Waals surface area contributed by atoms with E-state index in [-0.39, 0.29) is 11.0 Å². The summed E-state index contributed by atoms with van der Waals surface area (Å²) >= 11 is 3.63. The number of allylic oxidation sites excluding steroid dienone is 1. The van der Waals surface area contributed by atoms with Gasteiger partial charge in [-0.15, -0.1) is 12.6 Å². The molecule has 5 heteroatoms. The molecule has 0 aliphatic rings. The second kappa shape index (κ2) is 9.96. The fourth-order valence-corrected chi connectivity index (χ4v) is 1.35. The molecule has 0 fully saturated rings. The van der Waals surface area contributed by atoms with Crippen LogP contribution < -0.4 is 5.32 Å². The Kier molecular flexibility index (Phi) is 9.24. The second-order valence-corrected chi connectivity index (χ2v) is 3.98. The molecule has 0 atom stereocenters. The molecule has 1 N–H and O–H groups in total. The molecule has 0 aliphatic carbocycles. The van der Waals surface area contributed by atoms with E-state index in [1.807, 2.05) is 0 Å². The lowest BCUT2D eigenvalue weighted by atomic mass is 10.2. The number of rotatable bonds is 9. The van der Waals surface area contributed by atoms with Gasteiger partial charge in [0.05, 0.1) is 13.4 Å². The van der Waals surface area contributed by atoms with E-state index in [2.05, 4.69) is 24.5 Å². The van der Waals surface area contributed by atoms with E-state index in [4.69, 9.17) is 4.74 Å². The van der Waals surface area contributed by atoms with E-state index in [1.54, 1.807) is 19.4 Å². The lowest BCUT2D eigenvalue weighted by Crippen LogP contribution is -2.24. The molecule has 0 saturated carbocycles. The largest absolute Gasteiger partial charge is 0.504 e. The predicted octanol–water partition coefficient (Wildman–Crippen LogP) is 1.84. The molecule has 1 amide bonds. The average molecular weight is 257 g/mol. The summed E-state index contributed by atoms with van der Waals surface area (Å²) in [6, 6.07) is 0. The Morgan fingerprint density at radius 1 is 1.35 bits per heavy atom. The first kappa shape index (κ1) is 15.8.